The lowest BCUT2D eigenvalue weighted by atomic mass is 9.79. The third-order valence-corrected chi connectivity index (χ3v) is 15.5. The topological polar surface area (TPSA) is 368 Å². The van der Waals surface area contributed by atoms with Crippen molar-refractivity contribution in [2.45, 2.75) is 88.7 Å². The van der Waals surface area contributed by atoms with Gasteiger partial charge in [0.2, 0.25) is 23.5 Å². The third-order valence-electron chi connectivity index (χ3n) is 13.0. The number of nitrogens with zero attached hydrogens (tertiary/aromatic N) is 4. The van der Waals surface area contributed by atoms with Crippen molar-refractivity contribution in [3.63, 3.8) is 0 Å². The fourth-order valence-corrected chi connectivity index (χ4v) is 11.4. The summed E-state index contributed by atoms with van der Waals surface area (Å²) in [5.41, 5.74) is 13.1. The van der Waals surface area contributed by atoms with Crippen LogP contribution in [0.15, 0.2) is 57.7 Å². The van der Waals surface area contributed by atoms with Crippen molar-refractivity contribution in [2.24, 2.45) is 17.6 Å². The molecule has 2 aromatic heterocycles. The van der Waals surface area contributed by atoms with E-state index in [1.165, 1.54) is 41.8 Å². The number of allylic oxidation sites excluding steroid dienone is 2. The van der Waals surface area contributed by atoms with Gasteiger partial charge in [0.15, 0.2) is 28.5 Å². The summed E-state index contributed by atoms with van der Waals surface area (Å²) in [7, 11) is 4.02. The van der Waals surface area contributed by atoms with Crippen molar-refractivity contribution in [2.75, 3.05) is 44.0 Å². The molecule has 0 bridgehead atoms. The maximum Gasteiger partial charge on any atom is 0.327 e. The minimum Gasteiger partial charge on any atom is -0.481 e. The molecule has 25 heteroatoms. The van der Waals surface area contributed by atoms with Gasteiger partial charge in [0.25, 0.3) is 5.56 Å². The number of aliphatic carboxylic acids is 2. The fourth-order valence-electron chi connectivity index (χ4n) is 9.20. The Morgan fingerprint density at radius 3 is 2.45 bits per heavy atom. The van der Waals surface area contributed by atoms with E-state index in [1.54, 1.807) is 31.2 Å². The first-order chi connectivity index (χ1) is 33.8. The summed E-state index contributed by atoms with van der Waals surface area (Å²) in [6.07, 6.45) is 2.31. The summed E-state index contributed by atoms with van der Waals surface area (Å²) < 4.78 is 11.4. The Balaban J connectivity index is 0.803. The normalized spacial score (nSPS) is 21.3. The summed E-state index contributed by atoms with van der Waals surface area (Å²) >= 11 is 0. The lowest BCUT2D eigenvalue weighted by molar-refractivity contribution is -0.156. The van der Waals surface area contributed by atoms with Gasteiger partial charge in [0, 0.05) is 79.8 Å². The number of aryl methyl sites for hydroxylation is 2. The Kier molecular flexibility index (Phi) is 16.4. The standard InChI is InChI=1S/C46H54N10O13S2/c1-21-27(38(61)34-28(19-69-22(2)57)46(68-3)39-30(52-39)18-56(46)36(34)37(21)60)5-4-14-70-71-20-31(44(66)67)53-41(62)29(47)17-49-33(59)13-11-25(43(64)65)15-32(58)24-9-6-23(7-10-24)8-12-26-16-50-40-35(51-26)42(63)55-45(48)54-40/h6-7,9-10,16,25,28-31,39,52H,4-5,8,11-15,17-20,47H2,1-3H3,(H,49,59)(H,53,62)(H,64,65)(H,66,67)(H3,48,50,54,55,63)/t25-,28+,29-,30?,31-,39?,46+/m0/s1. The molecule has 0 radical (unpaired) electrons. The minimum absolute atomic E-state index is 0.0521. The third kappa shape index (κ3) is 11.5. The average molecular weight is 1020 g/mol. The molecular formula is C46H54N10O13S2. The van der Waals surface area contributed by atoms with Crippen LogP contribution in [-0.2, 0) is 55.9 Å². The van der Waals surface area contributed by atoms with Crippen LogP contribution in [0.1, 0.15) is 67.6 Å². The largest absolute Gasteiger partial charge is 0.481 e. The maximum absolute atomic E-state index is 14.1. The number of carboxylic acid groups (broad SMARTS) is 2. The second-order valence-electron chi connectivity index (χ2n) is 17.6. The number of amides is 2. The lowest BCUT2D eigenvalue weighted by Gasteiger charge is -2.39. The number of methoxy groups -OCH3 is 1. The monoisotopic (exact) mass is 1020 g/mol. The molecule has 5 heterocycles. The zero-order valence-corrected chi connectivity index (χ0v) is 40.6. The van der Waals surface area contributed by atoms with Crippen LogP contribution >= 0.6 is 21.6 Å². The number of carboxylic acids is 2. The molecule has 23 nitrogen and oxygen atoms in total. The summed E-state index contributed by atoms with van der Waals surface area (Å²) in [5, 5.41) is 27.8. The van der Waals surface area contributed by atoms with Gasteiger partial charge in [0.05, 0.1) is 35.5 Å². The average Bonchev–Trinajstić information content (AvgIpc) is 3.95. The summed E-state index contributed by atoms with van der Waals surface area (Å²) in [6.45, 7) is 2.88. The van der Waals surface area contributed by atoms with E-state index in [0.717, 1.165) is 5.56 Å². The Morgan fingerprint density at radius 1 is 1.01 bits per heavy atom. The van der Waals surface area contributed by atoms with E-state index in [0.29, 0.717) is 54.1 Å². The number of hydrogen-bond donors (Lipinski definition) is 8. The molecule has 2 saturated heterocycles. The molecule has 1 aliphatic carbocycles. The SMILES string of the molecule is CO[C@]12C3NC3CN1C1=C(C(=O)C(CCCSSC[C@H](NC(=O)[C@@H](N)CNC(=O)CC[C@@H](CC(=O)c3ccc(CCc4cnc5nc(N)[nH]c(=O)c5n4)cc3)C(=O)O)C(=O)O)=C(C)C1=O)[C@H]2COC(C)=O. The van der Waals surface area contributed by atoms with E-state index in [9.17, 15) is 53.4 Å². The van der Waals surface area contributed by atoms with Crippen LogP contribution < -0.4 is 33.0 Å². The highest BCUT2D eigenvalue weighted by atomic mass is 33.1. The number of nitrogens with two attached hydrogens (primary N) is 2. The number of rotatable bonds is 25. The Hall–Kier alpha value is -6.54. The van der Waals surface area contributed by atoms with Crippen molar-refractivity contribution in [1.29, 1.82) is 0 Å². The number of benzene rings is 1. The number of fused-ring (bicyclic) bond motifs is 5. The number of aromatic nitrogens is 4. The molecule has 2 fully saturated rings. The van der Waals surface area contributed by atoms with Crippen LogP contribution in [0.3, 0.4) is 0 Å². The van der Waals surface area contributed by atoms with Crippen LogP contribution in [0.4, 0.5) is 5.95 Å². The number of anilines is 1. The van der Waals surface area contributed by atoms with Gasteiger partial charge in [-0.25, -0.2) is 14.8 Å². The van der Waals surface area contributed by atoms with Gasteiger partial charge in [-0.3, -0.25) is 43.3 Å². The first kappa shape index (κ1) is 52.3. The van der Waals surface area contributed by atoms with Crippen molar-refractivity contribution in [3.05, 3.63) is 80.1 Å². The van der Waals surface area contributed by atoms with Crippen LogP contribution in [0, 0.1) is 11.8 Å². The van der Waals surface area contributed by atoms with Crippen LogP contribution in [0.25, 0.3) is 11.2 Å². The number of hydrogen-bond acceptors (Lipinski definition) is 20. The molecule has 7 atom stereocenters. The van der Waals surface area contributed by atoms with Crippen LogP contribution in [0.2, 0.25) is 0 Å². The molecule has 10 N–H and O–H groups in total. The van der Waals surface area contributed by atoms with Gasteiger partial charge in [-0.15, -0.1) is 0 Å². The molecule has 7 rings (SSSR count). The van der Waals surface area contributed by atoms with Crippen LogP contribution in [0.5, 0.6) is 0 Å². The predicted octanol–water partition coefficient (Wildman–Crippen LogP) is 0.223. The molecule has 71 heavy (non-hydrogen) atoms. The van der Waals surface area contributed by atoms with E-state index in [1.807, 2.05) is 4.90 Å². The number of Topliss-reactive ketones (excluding diaryl/α,β-unsaturated/α-hetero) is 3. The smallest absolute Gasteiger partial charge is 0.327 e. The number of ketones is 3. The zero-order valence-electron chi connectivity index (χ0n) is 39.0. The number of esters is 1. The quantitative estimate of drug-likeness (QED) is 0.0141. The number of carbonyl (C=O) groups is 8. The Labute approximate surface area is 413 Å². The van der Waals surface area contributed by atoms with Crippen molar-refractivity contribution < 1.29 is 58.0 Å². The van der Waals surface area contributed by atoms with Crippen molar-refractivity contribution in [1.82, 2.24) is 40.8 Å². The number of H-pyrrole nitrogens is 1. The first-order valence-corrected chi connectivity index (χ1v) is 25.2. The van der Waals surface area contributed by atoms with Gasteiger partial charge in [-0.05, 0) is 44.6 Å². The highest BCUT2D eigenvalue weighted by molar-refractivity contribution is 8.76. The molecule has 2 unspecified atom stereocenters. The second-order valence-corrected chi connectivity index (χ2v) is 20.2. The van der Waals surface area contributed by atoms with E-state index in [-0.39, 0.29) is 96.5 Å². The number of piperazine rings is 1. The molecule has 3 aromatic rings. The molecule has 378 valence electrons. The van der Waals surface area contributed by atoms with Gasteiger partial charge >= 0.3 is 17.9 Å². The van der Waals surface area contributed by atoms with Gasteiger partial charge < -0.3 is 52.0 Å². The van der Waals surface area contributed by atoms with Crippen molar-refractivity contribution in [3.8, 4) is 0 Å². The van der Waals surface area contributed by atoms with Crippen LogP contribution in [-0.4, -0.2) is 150 Å². The summed E-state index contributed by atoms with van der Waals surface area (Å²) in [4.78, 5) is 131. The van der Waals surface area contributed by atoms with Gasteiger partial charge in [-0.2, -0.15) is 4.98 Å². The van der Waals surface area contributed by atoms with Crippen molar-refractivity contribution >= 4 is 85.8 Å². The Bertz CT molecular complexity index is 2790. The number of ether oxygens (including phenoxy) is 2. The minimum atomic E-state index is -1.34. The van der Waals surface area contributed by atoms with Gasteiger partial charge in [-0.1, -0.05) is 45.9 Å². The molecule has 0 spiro atoms. The summed E-state index contributed by atoms with van der Waals surface area (Å²) in [5.74, 6) is -7.09. The molecule has 3 aliphatic heterocycles. The molecular weight excluding hydrogens is 965 g/mol. The Morgan fingerprint density at radius 2 is 1.76 bits per heavy atom. The highest BCUT2D eigenvalue weighted by Crippen LogP contribution is 2.56. The fraction of sp³-hybridized carbons (Fsp3) is 0.478. The highest BCUT2D eigenvalue weighted by Gasteiger charge is 2.72. The molecule has 2 amide bonds. The number of nitrogens with one attached hydrogen (secondary N) is 4. The number of aromatic amines is 1. The molecule has 0 saturated carbocycles. The molecule has 1 aromatic carbocycles. The van der Waals surface area contributed by atoms with E-state index >= 15 is 0 Å². The molecule has 4 aliphatic rings. The zero-order chi connectivity index (χ0) is 51.3. The number of carbonyl (C=O) groups excluding carboxylic acids is 6. The second kappa shape index (κ2) is 22.3. The first-order valence-electron chi connectivity index (χ1n) is 22.8. The van der Waals surface area contributed by atoms with E-state index in [2.05, 4.69) is 35.9 Å². The lowest BCUT2D eigenvalue weighted by Crippen LogP contribution is -2.55. The predicted molar refractivity (Wildman–Crippen MR) is 257 cm³/mol. The van der Waals surface area contributed by atoms with Gasteiger partial charge in [0.1, 0.15) is 18.7 Å². The van der Waals surface area contributed by atoms with E-state index < -0.39 is 70.7 Å². The number of nitrogen functional groups attached to an aromatic ring is 1. The summed E-state index contributed by atoms with van der Waals surface area (Å²) in [6, 6.07) is 3.87. The maximum atomic E-state index is 14.1. The van der Waals surface area contributed by atoms with E-state index in [4.69, 9.17) is 20.9 Å².